The number of alkyl halides is 1. The molecule has 16 heavy (non-hydrogen) atoms. The molecule has 1 rings (SSSR count). The van der Waals surface area contributed by atoms with E-state index in [0.29, 0.717) is 5.76 Å². The van der Waals surface area contributed by atoms with Gasteiger partial charge in [-0.3, -0.25) is 10.1 Å². The highest BCUT2D eigenvalue weighted by Crippen LogP contribution is 2.11. The lowest BCUT2D eigenvalue weighted by Crippen LogP contribution is -2.43. The number of rotatable bonds is 3. The summed E-state index contributed by atoms with van der Waals surface area (Å²) in [4.78, 5) is 22.4. The minimum absolute atomic E-state index is 0.312. The van der Waals surface area contributed by atoms with Crippen LogP contribution in [0.5, 0.6) is 0 Å². The number of hydrogen-bond donors (Lipinski definition) is 2. The summed E-state index contributed by atoms with van der Waals surface area (Å²) in [6.07, 6.45) is 1.51. The van der Waals surface area contributed by atoms with Gasteiger partial charge in [0.25, 0.3) is 0 Å². The molecule has 0 aliphatic heterocycles. The molecule has 1 aromatic heterocycles. The van der Waals surface area contributed by atoms with E-state index in [0.717, 1.165) is 0 Å². The van der Waals surface area contributed by atoms with Crippen molar-refractivity contribution < 1.29 is 14.0 Å². The first-order valence-corrected chi connectivity index (χ1v) is 5.23. The van der Waals surface area contributed by atoms with Crippen LogP contribution >= 0.6 is 11.6 Å². The lowest BCUT2D eigenvalue weighted by Gasteiger charge is -2.12. The highest BCUT2D eigenvalue weighted by molar-refractivity contribution is 6.31. The maximum absolute atomic E-state index is 11.3. The molecule has 0 saturated carbocycles. The largest absolute Gasteiger partial charge is 0.467 e. The fourth-order valence-corrected chi connectivity index (χ4v) is 1.11. The Balaban J connectivity index is 2.43. The normalized spacial score (nSPS) is 13.9. The molecule has 5 nitrogen and oxygen atoms in total. The fraction of sp³-hybridized carbons (Fsp3) is 0.400. The Bertz CT molecular complexity index is 362. The van der Waals surface area contributed by atoms with E-state index in [2.05, 4.69) is 10.6 Å². The molecule has 2 atom stereocenters. The summed E-state index contributed by atoms with van der Waals surface area (Å²) in [6.45, 7) is 3.23. The maximum Gasteiger partial charge on any atom is 0.322 e. The van der Waals surface area contributed by atoms with Gasteiger partial charge in [-0.15, -0.1) is 11.6 Å². The Kier molecular flexibility index (Phi) is 4.37. The fourth-order valence-electron chi connectivity index (χ4n) is 1.05. The van der Waals surface area contributed by atoms with Crippen molar-refractivity contribution in [3.63, 3.8) is 0 Å². The molecule has 1 aromatic rings. The SMILES string of the molecule is CC(Cl)C(=O)NC(=O)NC(C)c1ccco1. The van der Waals surface area contributed by atoms with E-state index in [9.17, 15) is 9.59 Å². The summed E-state index contributed by atoms with van der Waals surface area (Å²) in [6, 6.07) is 2.55. The van der Waals surface area contributed by atoms with Crippen molar-refractivity contribution >= 4 is 23.5 Å². The van der Waals surface area contributed by atoms with Crippen LogP contribution in [0.1, 0.15) is 25.6 Å². The Labute approximate surface area is 98.1 Å². The highest BCUT2D eigenvalue weighted by atomic mass is 35.5. The van der Waals surface area contributed by atoms with Crippen LogP contribution in [-0.4, -0.2) is 17.3 Å². The second-order valence-corrected chi connectivity index (χ2v) is 3.97. The first-order chi connectivity index (χ1) is 7.50. The molecule has 0 radical (unpaired) electrons. The van der Waals surface area contributed by atoms with E-state index in [1.807, 2.05) is 0 Å². The summed E-state index contributed by atoms with van der Waals surface area (Å²) in [5, 5.41) is 3.91. The summed E-state index contributed by atoms with van der Waals surface area (Å²) in [7, 11) is 0. The third kappa shape index (κ3) is 3.58. The third-order valence-electron chi connectivity index (χ3n) is 1.92. The lowest BCUT2D eigenvalue weighted by atomic mass is 10.2. The van der Waals surface area contributed by atoms with Gasteiger partial charge in [-0.25, -0.2) is 4.79 Å². The number of urea groups is 1. The van der Waals surface area contributed by atoms with Crippen LogP contribution in [0.3, 0.4) is 0 Å². The molecule has 0 saturated heterocycles. The van der Waals surface area contributed by atoms with Crippen molar-refractivity contribution in [2.24, 2.45) is 0 Å². The van der Waals surface area contributed by atoms with Crippen molar-refractivity contribution in [2.45, 2.75) is 25.3 Å². The van der Waals surface area contributed by atoms with Crippen LogP contribution in [0, 0.1) is 0 Å². The van der Waals surface area contributed by atoms with Gasteiger partial charge in [0.1, 0.15) is 11.1 Å². The molecule has 2 N–H and O–H groups in total. The zero-order valence-electron chi connectivity index (χ0n) is 8.99. The van der Waals surface area contributed by atoms with Crippen molar-refractivity contribution in [1.82, 2.24) is 10.6 Å². The lowest BCUT2D eigenvalue weighted by molar-refractivity contribution is -0.119. The first kappa shape index (κ1) is 12.6. The Morgan fingerprint density at radius 3 is 2.62 bits per heavy atom. The molecule has 88 valence electrons. The topological polar surface area (TPSA) is 71.3 Å². The Morgan fingerprint density at radius 1 is 1.44 bits per heavy atom. The number of hydrogen-bond acceptors (Lipinski definition) is 3. The molecule has 0 aliphatic carbocycles. The predicted octanol–water partition coefficient (Wildman–Crippen LogP) is 1.79. The van der Waals surface area contributed by atoms with Gasteiger partial charge in [0.15, 0.2) is 0 Å². The van der Waals surface area contributed by atoms with E-state index in [-0.39, 0.29) is 6.04 Å². The zero-order valence-corrected chi connectivity index (χ0v) is 9.75. The van der Waals surface area contributed by atoms with E-state index >= 15 is 0 Å². The van der Waals surface area contributed by atoms with Crippen LogP contribution in [0.4, 0.5) is 4.79 Å². The summed E-state index contributed by atoms with van der Waals surface area (Å²) >= 11 is 5.50. The Hall–Kier alpha value is -1.49. The minimum Gasteiger partial charge on any atom is -0.467 e. The molecule has 0 aromatic carbocycles. The van der Waals surface area contributed by atoms with Gasteiger partial charge < -0.3 is 9.73 Å². The molecule has 0 spiro atoms. The number of furan rings is 1. The smallest absolute Gasteiger partial charge is 0.322 e. The van der Waals surface area contributed by atoms with Gasteiger partial charge in [-0.2, -0.15) is 0 Å². The molecule has 0 bridgehead atoms. The predicted molar refractivity (Wildman–Crippen MR) is 59.1 cm³/mol. The molecule has 0 fully saturated rings. The van der Waals surface area contributed by atoms with Gasteiger partial charge in [-0.05, 0) is 26.0 Å². The highest BCUT2D eigenvalue weighted by Gasteiger charge is 2.16. The second kappa shape index (κ2) is 5.55. The number of carbonyl (C=O) groups is 2. The monoisotopic (exact) mass is 244 g/mol. The minimum atomic E-state index is -0.746. The van der Waals surface area contributed by atoms with Crippen LogP contribution in [0.15, 0.2) is 22.8 Å². The van der Waals surface area contributed by atoms with Crippen LogP contribution < -0.4 is 10.6 Å². The van der Waals surface area contributed by atoms with Crippen LogP contribution in [0.25, 0.3) is 0 Å². The van der Waals surface area contributed by atoms with Gasteiger partial charge in [-0.1, -0.05) is 0 Å². The van der Waals surface area contributed by atoms with E-state index in [4.69, 9.17) is 16.0 Å². The quantitative estimate of drug-likeness (QED) is 0.797. The van der Waals surface area contributed by atoms with Gasteiger partial charge >= 0.3 is 6.03 Å². The molecule has 3 amide bonds. The molecule has 6 heteroatoms. The van der Waals surface area contributed by atoms with E-state index in [1.54, 1.807) is 19.1 Å². The standard InChI is InChI=1S/C10H13ClN2O3/c1-6(11)9(14)13-10(15)12-7(2)8-4-3-5-16-8/h3-7H,1-2H3,(H2,12,13,14,15). The zero-order chi connectivity index (χ0) is 12.1. The van der Waals surface area contributed by atoms with Crippen LogP contribution in [-0.2, 0) is 4.79 Å². The van der Waals surface area contributed by atoms with Gasteiger partial charge in [0, 0.05) is 0 Å². The molecule has 1 heterocycles. The van der Waals surface area contributed by atoms with Crippen molar-refractivity contribution in [1.29, 1.82) is 0 Å². The number of nitrogens with one attached hydrogen (secondary N) is 2. The summed E-state index contributed by atoms with van der Waals surface area (Å²) in [5.74, 6) is 0.0762. The van der Waals surface area contributed by atoms with Gasteiger partial charge in [0.2, 0.25) is 5.91 Å². The number of amides is 3. The third-order valence-corrected chi connectivity index (χ3v) is 2.11. The number of carbonyl (C=O) groups excluding carboxylic acids is 2. The average Bonchev–Trinajstić information content (AvgIpc) is 2.69. The molecular weight excluding hydrogens is 232 g/mol. The number of imide groups is 1. The van der Waals surface area contributed by atoms with E-state index in [1.165, 1.54) is 13.2 Å². The molecule has 0 aliphatic rings. The molecular formula is C10H13ClN2O3. The molecule has 2 unspecified atom stereocenters. The average molecular weight is 245 g/mol. The Morgan fingerprint density at radius 2 is 2.12 bits per heavy atom. The van der Waals surface area contributed by atoms with Crippen molar-refractivity contribution in [2.75, 3.05) is 0 Å². The van der Waals surface area contributed by atoms with Gasteiger partial charge in [0.05, 0.1) is 12.3 Å². The summed E-state index contributed by atoms with van der Waals surface area (Å²) in [5.41, 5.74) is 0. The second-order valence-electron chi connectivity index (χ2n) is 3.32. The first-order valence-electron chi connectivity index (χ1n) is 4.79. The maximum atomic E-state index is 11.3. The van der Waals surface area contributed by atoms with Crippen LogP contribution in [0.2, 0.25) is 0 Å². The number of halogens is 1. The van der Waals surface area contributed by atoms with E-state index < -0.39 is 17.3 Å². The summed E-state index contributed by atoms with van der Waals surface area (Å²) < 4.78 is 5.10. The van der Waals surface area contributed by atoms with Crippen molar-refractivity contribution in [3.8, 4) is 0 Å². The van der Waals surface area contributed by atoms with Crippen molar-refractivity contribution in [3.05, 3.63) is 24.2 Å².